The van der Waals surface area contributed by atoms with Gasteiger partial charge in [0.2, 0.25) is 0 Å². The quantitative estimate of drug-likeness (QED) is 0.780. The van der Waals surface area contributed by atoms with Crippen molar-refractivity contribution in [1.82, 2.24) is 0 Å². The average Bonchev–Trinajstić information content (AvgIpc) is 2.08. The Morgan fingerprint density at radius 2 is 1.71 bits per heavy atom. The predicted molar refractivity (Wildman–Crippen MR) is 61.8 cm³/mol. The Balaban J connectivity index is 0.00000169. The maximum atomic E-state index is 9.62. The lowest BCUT2D eigenvalue weighted by Crippen LogP contribution is -2.17. The standard InChI is InChI=1S/C11H15ClO.Mg/c1-8(2)11(13)7-9-3-5-10(12)6-4-9;/h3-6,8,11,13H,7H2,1-2H3;. The number of aliphatic hydroxyl groups excluding tert-OH is 1. The summed E-state index contributed by atoms with van der Waals surface area (Å²) in [7, 11) is 0. The van der Waals surface area contributed by atoms with Crippen LogP contribution >= 0.6 is 11.6 Å². The molecule has 0 aliphatic rings. The lowest BCUT2D eigenvalue weighted by Gasteiger charge is -2.13. The zero-order valence-corrected chi connectivity index (χ0v) is 10.9. The second-order valence-electron chi connectivity index (χ2n) is 3.64. The molecule has 2 radical (unpaired) electrons. The molecule has 0 aliphatic heterocycles. The van der Waals surface area contributed by atoms with Crippen molar-refractivity contribution < 1.29 is 5.11 Å². The van der Waals surface area contributed by atoms with Crippen molar-refractivity contribution in [3.05, 3.63) is 34.9 Å². The van der Waals surface area contributed by atoms with Gasteiger partial charge in [0.1, 0.15) is 0 Å². The molecule has 0 fully saturated rings. The van der Waals surface area contributed by atoms with Crippen molar-refractivity contribution in [1.29, 1.82) is 0 Å². The van der Waals surface area contributed by atoms with E-state index in [2.05, 4.69) is 0 Å². The Bertz CT molecular complexity index is 258. The van der Waals surface area contributed by atoms with E-state index in [1.165, 1.54) is 0 Å². The van der Waals surface area contributed by atoms with E-state index >= 15 is 0 Å². The largest absolute Gasteiger partial charge is 0.393 e. The lowest BCUT2D eigenvalue weighted by atomic mass is 9.99. The summed E-state index contributed by atoms with van der Waals surface area (Å²) < 4.78 is 0. The number of aliphatic hydroxyl groups is 1. The highest BCUT2D eigenvalue weighted by molar-refractivity contribution is 6.30. The van der Waals surface area contributed by atoms with E-state index in [1.807, 2.05) is 38.1 Å². The van der Waals surface area contributed by atoms with Crippen LogP contribution in [-0.2, 0) is 6.42 Å². The number of rotatable bonds is 3. The van der Waals surface area contributed by atoms with Gasteiger partial charge in [0.25, 0.3) is 0 Å². The SMILES string of the molecule is CC(C)C(O)Cc1ccc(Cl)cc1.[Mg]. The van der Waals surface area contributed by atoms with Crippen LogP contribution in [0.4, 0.5) is 0 Å². The van der Waals surface area contributed by atoms with Crippen LogP contribution < -0.4 is 0 Å². The van der Waals surface area contributed by atoms with Crippen LogP contribution in [0, 0.1) is 5.92 Å². The molecule has 0 heterocycles. The average molecular weight is 223 g/mol. The first kappa shape index (κ1) is 14.2. The van der Waals surface area contributed by atoms with Crippen LogP contribution in [-0.4, -0.2) is 34.3 Å². The fourth-order valence-corrected chi connectivity index (χ4v) is 1.22. The lowest BCUT2D eigenvalue weighted by molar-refractivity contribution is 0.126. The summed E-state index contributed by atoms with van der Waals surface area (Å²) in [5.74, 6) is 0.302. The van der Waals surface area contributed by atoms with Crippen LogP contribution in [0.15, 0.2) is 24.3 Å². The van der Waals surface area contributed by atoms with E-state index in [0.29, 0.717) is 12.3 Å². The molecule has 1 aromatic rings. The van der Waals surface area contributed by atoms with E-state index in [-0.39, 0.29) is 29.2 Å². The van der Waals surface area contributed by atoms with Crippen molar-refractivity contribution in [3.8, 4) is 0 Å². The number of halogens is 1. The molecule has 0 bridgehead atoms. The highest BCUT2D eigenvalue weighted by Gasteiger charge is 2.09. The van der Waals surface area contributed by atoms with Gasteiger partial charge in [0, 0.05) is 28.1 Å². The molecular weight excluding hydrogens is 208 g/mol. The summed E-state index contributed by atoms with van der Waals surface area (Å²) in [5.41, 5.74) is 1.13. The monoisotopic (exact) mass is 222 g/mol. The number of hydrogen-bond acceptors (Lipinski definition) is 1. The van der Waals surface area contributed by atoms with Crippen LogP contribution in [0.5, 0.6) is 0 Å². The van der Waals surface area contributed by atoms with E-state index in [4.69, 9.17) is 11.6 Å². The Morgan fingerprint density at radius 3 is 2.14 bits per heavy atom. The second kappa shape index (κ2) is 6.67. The minimum Gasteiger partial charge on any atom is -0.393 e. The van der Waals surface area contributed by atoms with Crippen molar-refractivity contribution in [2.75, 3.05) is 0 Å². The molecule has 14 heavy (non-hydrogen) atoms. The Labute approximate surface area is 107 Å². The summed E-state index contributed by atoms with van der Waals surface area (Å²) in [6, 6.07) is 7.61. The Kier molecular flexibility index (Phi) is 6.78. The van der Waals surface area contributed by atoms with Gasteiger partial charge >= 0.3 is 0 Å². The third-order valence-corrected chi connectivity index (χ3v) is 2.38. The van der Waals surface area contributed by atoms with Crippen molar-refractivity contribution in [2.45, 2.75) is 26.4 Å². The van der Waals surface area contributed by atoms with Gasteiger partial charge in [0.15, 0.2) is 0 Å². The molecule has 3 heteroatoms. The molecule has 0 spiro atoms. The van der Waals surface area contributed by atoms with Crippen molar-refractivity contribution in [2.24, 2.45) is 5.92 Å². The maximum absolute atomic E-state index is 9.62. The Morgan fingerprint density at radius 1 is 1.21 bits per heavy atom. The second-order valence-corrected chi connectivity index (χ2v) is 4.08. The molecule has 1 atom stereocenters. The van der Waals surface area contributed by atoms with E-state index in [1.54, 1.807) is 0 Å². The zero-order valence-electron chi connectivity index (χ0n) is 8.70. The van der Waals surface area contributed by atoms with Crippen LogP contribution in [0.25, 0.3) is 0 Å². The van der Waals surface area contributed by atoms with Gasteiger partial charge in [-0.2, -0.15) is 0 Å². The van der Waals surface area contributed by atoms with Gasteiger partial charge in [-0.15, -0.1) is 0 Å². The van der Waals surface area contributed by atoms with Gasteiger partial charge in [-0.05, 0) is 30.0 Å². The minimum absolute atomic E-state index is 0. The molecule has 0 amide bonds. The van der Waals surface area contributed by atoms with Gasteiger partial charge in [-0.1, -0.05) is 37.6 Å². The topological polar surface area (TPSA) is 20.2 Å². The zero-order chi connectivity index (χ0) is 9.84. The third kappa shape index (κ3) is 4.65. The van der Waals surface area contributed by atoms with E-state index < -0.39 is 0 Å². The molecule has 0 aromatic heterocycles. The van der Waals surface area contributed by atoms with Crippen molar-refractivity contribution >= 4 is 34.7 Å². The molecule has 1 rings (SSSR count). The highest BCUT2D eigenvalue weighted by atomic mass is 35.5. The smallest absolute Gasteiger partial charge is 0.0603 e. The third-order valence-electron chi connectivity index (χ3n) is 2.13. The van der Waals surface area contributed by atoms with Gasteiger partial charge < -0.3 is 5.11 Å². The van der Waals surface area contributed by atoms with Gasteiger partial charge in [-0.3, -0.25) is 0 Å². The molecule has 0 saturated heterocycles. The molecule has 74 valence electrons. The molecule has 1 N–H and O–H groups in total. The predicted octanol–water partition coefficient (Wildman–Crippen LogP) is 2.52. The maximum Gasteiger partial charge on any atom is 0.0603 e. The van der Waals surface area contributed by atoms with Gasteiger partial charge in [-0.25, -0.2) is 0 Å². The summed E-state index contributed by atoms with van der Waals surface area (Å²) >= 11 is 5.75. The fourth-order valence-electron chi connectivity index (χ4n) is 1.10. The first-order valence-electron chi connectivity index (χ1n) is 4.52. The molecule has 1 unspecified atom stereocenters. The molecule has 1 nitrogen and oxygen atoms in total. The molecule has 0 aliphatic carbocycles. The molecular formula is C11H15ClMgO. The molecule has 1 aromatic carbocycles. The van der Waals surface area contributed by atoms with Crippen LogP contribution in [0.3, 0.4) is 0 Å². The highest BCUT2D eigenvalue weighted by Crippen LogP contribution is 2.13. The normalized spacial score (nSPS) is 12.4. The Hall–Kier alpha value is 0.236. The number of benzene rings is 1. The summed E-state index contributed by atoms with van der Waals surface area (Å²) in [6.07, 6.45) is 0.440. The first-order valence-corrected chi connectivity index (χ1v) is 4.90. The fraction of sp³-hybridized carbons (Fsp3) is 0.455. The molecule has 0 saturated carbocycles. The number of hydrogen-bond donors (Lipinski definition) is 1. The van der Waals surface area contributed by atoms with Crippen LogP contribution in [0.1, 0.15) is 19.4 Å². The minimum atomic E-state index is -0.263. The van der Waals surface area contributed by atoms with Crippen LogP contribution in [0.2, 0.25) is 5.02 Å². The van der Waals surface area contributed by atoms with E-state index in [9.17, 15) is 5.11 Å². The summed E-state index contributed by atoms with van der Waals surface area (Å²) in [6.45, 7) is 4.03. The first-order chi connectivity index (χ1) is 6.09. The van der Waals surface area contributed by atoms with E-state index in [0.717, 1.165) is 10.6 Å². The summed E-state index contributed by atoms with van der Waals surface area (Å²) in [5, 5.41) is 10.4. The summed E-state index contributed by atoms with van der Waals surface area (Å²) in [4.78, 5) is 0. The van der Waals surface area contributed by atoms with Gasteiger partial charge in [0.05, 0.1) is 6.10 Å². The van der Waals surface area contributed by atoms with Crippen molar-refractivity contribution in [3.63, 3.8) is 0 Å².